The molecule has 1 heterocycles. The molecule has 0 bridgehead atoms. The lowest BCUT2D eigenvalue weighted by Gasteiger charge is -2.08. The maximum absolute atomic E-state index is 11.6. The van der Waals surface area contributed by atoms with E-state index in [2.05, 4.69) is 22.4 Å². The third kappa shape index (κ3) is 3.91. The standard InChI is InChI=1S/C16H18N2O/c1-12(2)16(19)18-15-9-14(10-17-11-15)8-13-6-4-3-5-7-13/h3-7,9-12H,8H2,1-2H3,(H,18,19). The van der Waals surface area contributed by atoms with Crippen molar-refractivity contribution < 1.29 is 4.79 Å². The molecule has 3 heteroatoms. The molecule has 2 rings (SSSR count). The van der Waals surface area contributed by atoms with Gasteiger partial charge in [0.25, 0.3) is 0 Å². The van der Waals surface area contributed by atoms with E-state index in [1.54, 1.807) is 6.20 Å². The van der Waals surface area contributed by atoms with Crippen LogP contribution in [0.5, 0.6) is 0 Å². The molecule has 0 saturated carbocycles. The van der Waals surface area contributed by atoms with E-state index in [-0.39, 0.29) is 11.8 Å². The van der Waals surface area contributed by atoms with Crippen molar-refractivity contribution in [3.8, 4) is 0 Å². The van der Waals surface area contributed by atoms with Gasteiger partial charge in [0.05, 0.1) is 11.9 Å². The number of aromatic nitrogens is 1. The number of benzene rings is 1. The second kappa shape index (κ2) is 6.14. The SMILES string of the molecule is CC(C)C(=O)Nc1cncc(Cc2ccccc2)c1. The van der Waals surface area contributed by atoms with Crippen molar-refractivity contribution >= 4 is 11.6 Å². The Morgan fingerprint density at radius 1 is 1.16 bits per heavy atom. The van der Waals surface area contributed by atoms with Gasteiger partial charge in [0.1, 0.15) is 0 Å². The summed E-state index contributed by atoms with van der Waals surface area (Å²) in [7, 11) is 0. The third-order valence-corrected chi connectivity index (χ3v) is 2.84. The van der Waals surface area contributed by atoms with Gasteiger partial charge in [0.2, 0.25) is 5.91 Å². The molecule has 19 heavy (non-hydrogen) atoms. The Bertz CT molecular complexity index is 550. The first-order valence-electron chi connectivity index (χ1n) is 6.44. The number of hydrogen-bond donors (Lipinski definition) is 1. The van der Waals surface area contributed by atoms with Crippen LogP contribution in [0, 0.1) is 5.92 Å². The number of anilines is 1. The monoisotopic (exact) mass is 254 g/mol. The molecule has 2 aromatic rings. The Hall–Kier alpha value is -2.16. The van der Waals surface area contributed by atoms with Gasteiger partial charge in [-0.2, -0.15) is 0 Å². The van der Waals surface area contributed by atoms with Gasteiger partial charge in [-0.1, -0.05) is 44.2 Å². The van der Waals surface area contributed by atoms with E-state index < -0.39 is 0 Å². The molecule has 1 amide bonds. The predicted octanol–water partition coefficient (Wildman–Crippen LogP) is 3.27. The first kappa shape index (κ1) is 13.3. The number of pyridine rings is 1. The van der Waals surface area contributed by atoms with Gasteiger partial charge >= 0.3 is 0 Å². The average molecular weight is 254 g/mol. The highest BCUT2D eigenvalue weighted by molar-refractivity contribution is 5.91. The maximum Gasteiger partial charge on any atom is 0.226 e. The minimum absolute atomic E-state index is 0.0126. The lowest BCUT2D eigenvalue weighted by Crippen LogP contribution is -2.17. The zero-order valence-electron chi connectivity index (χ0n) is 11.3. The summed E-state index contributed by atoms with van der Waals surface area (Å²) in [5.74, 6) is -0.0172. The van der Waals surface area contributed by atoms with Crippen LogP contribution in [0.4, 0.5) is 5.69 Å². The van der Waals surface area contributed by atoms with E-state index in [0.717, 1.165) is 17.7 Å². The molecular formula is C16H18N2O. The second-order valence-electron chi connectivity index (χ2n) is 4.89. The van der Waals surface area contributed by atoms with Crippen LogP contribution in [-0.4, -0.2) is 10.9 Å². The van der Waals surface area contributed by atoms with Gasteiger partial charge in [0.15, 0.2) is 0 Å². The number of nitrogens with zero attached hydrogens (tertiary/aromatic N) is 1. The van der Waals surface area contributed by atoms with Crippen LogP contribution >= 0.6 is 0 Å². The van der Waals surface area contributed by atoms with Crippen molar-refractivity contribution in [1.29, 1.82) is 0 Å². The number of rotatable bonds is 4. The minimum Gasteiger partial charge on any atom is -0.324 e. The molecule has 0 unspecified atom stereocenters. The average Bonchev–Trinajstić information content (AvgIpc) is 2.40. The molecule has 98 valence electrons. The lowest BCUT2D eigenvalue weighted by molar-refractivity contribution is -0.118. The molecule has 1 N–H and O–H groups in total. The number of carbonyl (C=O) groups is 1. The summed E-state index contributed by atoms with van der Waals surface area (Å²) in [6, 6.07) is 12.2. The molecule has 0 saturated heterocycles. The van der Waals surface area contributed by atoms with E-state index in [4.69, 9.17) is 0 Å². The van der Waals surface area contributed by atoms with Crippen molar-refractivity contribution in [1.82, 2.24) is 4.98 Å². The molecule has 0 aliphatic carbocycles. The van der Waals surface area contributed by atoms with E-state index in [9.17, 15) is 4.79 Å². The van der Waals surface area contributed by atoms with E-state index >= 15 is 0 Å². The molecular weight excluding hydrogens is 236 g/mol. The second-order valence-corrected chi connectivity index (χ2v) is 4.89. The molecule has 1 aromatic heterocycles. The highest BCUT2D eigenvalue weighted by Gasteiger charge is 2.07. The molecule has 0 radical (unpaired) electrons. The van der Waals surface area contributed by atoms with E-state index in [1.165, 1.54) is 5.56 Å². The Morgan fingerprint density at radius 2 is 1.89 bits per heavy atom. The summed E-state index contributed by atoms with van der Waals surface area (Å²) in [4.78, 5) is 15.8. The van der Waals surface area contributed by atoms with Crippen molar-refractivity contribution in [2.75, 3.05) is 5.32 Å². The number of nitrogens with one attached hydrogen (secondary N) is 1. The lowest BCUT2D eigenvalue weighted by atomic mass is 10.1. The zero-order valence-corrected chi connectivity index (χ0v) is 11.3. The van der Waals surface area contributed by atoms with Gasteiger partial charge in [-0.25, -0.2) is 0 Å². The molecule has 1 aromatic carbocycles. The fourth-order valence-electron chi connectivity index (χ4n) is 1.77. The van der Waals surface area contributed by atoms with E-state index in [1.807, 2.05) is 44.3 Å². The Kier molecular flexibility index (Phi) is 4.29. The van der Waals surface area contributed by atoms with Crippen LogP contribution in [-0.2, 0) is 11.2 Å². The van der Waals surface area contributed by atoms with Crippen molar-refractivity contribution in [3.05, 3.63) is 59.9 Å². The van der Waals surface area contributed by atoms with Crippen LogP contribution in [0.3, 0.4) is 0 Å². The Balaban J connectivity index is 2.09. The number of hydrogen-bond acceptors (Lipinski definition) is 2. The van der Waals surface area contributed by atoms with Gasteiger partial charge in [-0.3, -0.25) is 9.78 Å². The van der Waals surface area contributed by atoms with Gasteiger partial charge in [-0.15, -0.1) is 0 Å². The Labute approximate surface area is 113 Å². The molecule has 0 aliphatic heterocycles. The summed E-state index contributed by atoms with van der Waals surface area (Å²) in [6.07, 6.45) is 4.33. The largest absolute Gasteiger partial charge is 0.324 e. The fraction of sp³-hybridized carbons (Fsp3) is 0.250. The van der Waals surface area contributed by atoms with Crippen molar-refractivity contribution in [3.63, 3.8) is 0 Å². The topological polar surface area (TPSA) is 42.0 Å². The molecule has 0 spiro atoms. The molecule has 0 atom stereocenters. The van der Waals surface area contributed by atoms with Crippen LogP contribution in [0.25, 0.3) is 0 Å². The summed E-state index contributed by atoms with van der Waals surface area (Å²) in [5, 5.41) is 2.87. The van der Waals surface area contributed by atoms with E-state index in [0.29, 0.717) is 0 Å². The summed E-state index contributed by atoms with van der Waals surface area (Å²) >= 11 is 0. The van der Waals surface area contributed by atoms with Gasteiger partial charge < -0.3 is 5.32 Å². The van der Waals surface area contributed by atoms with Crippen molar-refractivity contribution in [2.45, 2.75) is 20.3 Å². The third-order valence-electron chi connectivity index (χ3n) is 2.84. The van der Waals surface area contributed by atoms with Crippen LogP contribution in [0.1, 0.15) is 25.0 Å². The van der Waals surface area contributed by atoms with Crippen LogP contribution in [0.2, 0.25) is 0 Å². The number of amides is 1. The smallest absolute Gasteiger partial charge is 0.226 e. The molecule has 3 nitrogen and oxygen atoms in total. The fourth-order valence-corrected chi connectivity index (χ4v) is 1.77. The van der Waals surface area contributed by atoms with Crippen molar-refractivity contribution in [2.24, 2.45) is 5.92 Å². The highest BCUT2D eigenvalue weighted by atomic mass is 16.1. The summed E-state index contributed by atoms with van der Waals surface area (Å²) in [5.41, 5.74) is 3.08. The normalized spacial score (nSPS) is 10.5. The predicted molar refractivity (Wildman–Crippen MR) is 77.0 cm³/mol. The molecule has 0 fully saturated rings. The minimum atomic E-state index is -0.0298. The van der Waals surface area contributed by atoms with Crippen LogP contribution < -0.4 is 5.32 Å². The first-order chi connectivity index (χ1) is 9.15. The molecule has 0 aliphatic rings. The summed E-state index contributed by atoms with van der Waals surface area (Å²) in [6.45, 7) is 3.74. The first-order valence-corrected chi connectivity index (χ1v) is 6.44. The quantitative estimate of drug-likeness (QED) is 0.909. The van der Waals surface area contributed by atoms with Gasteiger partial charge in [-0.05, 0) is 23.6 Å². The van der Waals surface area contributed by atoms with Crippen LogP contribution in [0.15, 0.2) is 48.8 Å². The zero-order chi connectivity index (χ0) is 13.7. The highest BCUT2D eigenvalue weighted by Crippen LogP contribution is 2.13. The Morgan fingerprint density at radius 3 is 2.58 bits per heavy atom. The maximum atomic E-state index is 11.6. The number of carbonyl (C=O) groups excluding carboxylic acids is 1. The summed E-state index contributed by atoms with van der Waals surface area (Å²) < 4.78 is 0. The van der Waals surface area contributed by atoms with Gasteiger partial charge in [0, 0.05) is 12.1 Å².